The number of carbonyl (C=O) groups excluding carboxylic acids is 1. The van der Waals surface area contributed by atoms with E-state index in [0.29, 0.717) is 22.2 Å². The maximum absolute atomic E-state index is 12.2. The molecule has 0 saturated heterocycles. The number of rotatable bonds is 5. The van der Waals surface area contributed by atoms with Crippen molar-refractivity contribution in [3.8, 4) is 11.5 Å². The maximum Gasteiger partial charge on any atom is 0.262 e. The average molecular weight is 413 g/mol. The lowest BCUT2D eigenvalue weighted by molar-refractivity contribution is -0.118. The third kappa shape index (κ3) is 4.22. The van der Waals surface area contributed by atoms with Gasteiger partial charge in [0.1, 0.15) is 11.5 Å². The lowest BCUT2D eigenvalue weighted by Crippen LogP contribution is -2.21. The van der Waals surface area contributed by atoms with Crippen molar-refractivity contribution in [3.63, 3.8) is 0 Å². The van der Waals surface area contributed by atoms with Gasteiger partial charge in [-0.25, -0.2) is 0 Å². The number of methoxy groups -OCH3 is 1. The van der Waals surface area contributed by atoms with E-state index >= 15 is 0 Å². The Morgan fingerprint density at radius 2 is 1.88 bits per heavy atom. The van der Waals surface area contributed by atoms with Crippen molar-refractivity contribution in [3.05, 3.63) is 50.5 Å². The molecule has 6 heteroatoms. The standard InChI is InChI=1S/C18H19BrClNO3/c1-10-7-16(11(2)12(3)18(10)19)24-9-17(22)21-14-8-13(20)5-6-15(14)23-4/h5-8H,9H2,1-4H3,(H,21,22). The zero-order valence-corrected chi connectivity index (χ0v) is 16.3. The molecule has 0 aliphatic carbocycles. The average Bonchev–Trinajstić information content (AvgIpc) is 2.55. The maximum atomic E-state index is 12.2. The lowest BCUT2D eigenvalue weighted by Gasteiger charge is -2.15. The smallest absolute Gasteiger partial charge is 0.262 e. The molecule has 0 atom stereocenters. The van der Waals surface area contributed by atoms with Crippen LogP contribution in [0.25, 0.3) is 0 Å². The molecule has 2 aromatic rings. The van der Waals surface area contributed by atoms with E-state index in [1.807, 2.05) is 26.8 Å². The number of hydrogen-bond donors (Lipinski definition) is 1. The van der Waals surface area contributed by atoms with E-state index in [2.05, 4.69) is 21.2 Å². The summed E-state index contributed by atoms with van der Waals surface area (Å²) < 4.78 is 11.9. The molecule has 0 bridgehead atoms. The van der Waals surface area contributed by atoms with Crippen molar-refractivity contribution in [1.82, 2.24) is 0 Å². The van der Waals surface area contributed by atoms with Gasteiger partial charge in [-0.15, -0.1) is 0 Å². The van der Waals surface area contributed by atoms with Crippen LogP contribution in [0, 0.1) is 20.8 Å². The first-order valence-electron chi connectivity index (χ1n) is 7.36. The van der Waals surface area contributed by atoms with E-state index in [4.69, 9.17) is 21.1 Å². The Bertz CT molecular complexity index is 777. The van der Waals surface area contributed by atoms with Crippen LogP contribution in [0.2, 0.25) is 5.02 Å². The van der Waals surface area contributed by atoms with Gasteiger partial charge in [0, 0.05) is 9.50 Å². The third-order valence-corrected chi connectivity index (χ3v) is 5.20. The first-order chi connectivity index (χ1) is 11.3. The minimum atomic E-state index is -0.284. The molecule has 128 valence electrons. The van der Waals surface area contributed by atoms with E-state index < -0.39 is 0 Å². The van der Waals surface area contributed by atoms with Gasteiger partial charge in [-0.05, 0) is 61.7 Å². The van der Waals surface area contributed by atoms with Gasteiger partial charge in [0.2, 0.25) is 0 Å². The van der Waals surface area contributed by atoms with Gasteiger partial charge in [-0.3, -0.25) is 4.79 Å². The lowest BCUT2D eigenvalue weighted by atomic mass is 10.1. The van der Waals surface area contributed by atoms with Gasteiger partial charge in [0.25, 0.3) is 5.91 Å². The van der Waals surface area contributed by atoms with Gasteiger partial charge in [0.05, 0.1) is 12.8 Å². The fourth-order valence-corrected chi connectivity index (χ4v) is 2.85. The highest BCUT2D eigenvalue weighted by molar-refractivity contribution is 9.10. The predicted octanol–water partition coefficient (Wildman–Crippen LogP) is 5.05. The monoisotopic (exact) mass is 411 g/mol. The van der Waals surface area contributed by atoms with Gasteiger partial charge in [0.15, 0.2) is 6.61 Å². The Morgan fingerprint density at radius 1 is 1.17 bits per heavy atom. The molecule has 0 fully saturated rings. The zero-order chi connectivity index (χ0) is 17.9. The van der Waals surface area contributed by atoms with Crippen LogP contribution in [0.15, 0.2) is 28.7 Å². The molecule has 2 aromatic carbocycles. The number of anilines is 1. The van der Waals surface area contributed by atoms with Crippen LogP contribution >= 0.6 is 27.5 Å². The van der Waals surface area contributed by atoms with Crippen LogP contribution < -0.4 is 14.8 Å². The molecule has 4 nitrogen and oxygen atoms in total. The molecule has 0 aromatic heterocycles. The van der Waals surface area contributed by atoms with E-state index in [1.54, 1.807) is 18.2 Å². The number of carbonyl (C=O) groups is 1. The quantitative estimate of drug-likeness (QED) is 0.747. The molecule has 0 saturated carbocycles. The molecule has 1 amide bonds. The Balaban J connectivity index is 2.08. The molecule has 0 aliphatic rings. The summed E-state index contributed by atoms with van der Waals surface area (Å²) in [6.07, 6.45) is 0. The second-order valence-corrected chi connectivity index (χ2v) is 6.67. The molecule has 2 rings (SSSR count). The second-order valence-electron chi connectivity index (χ2n) is 5.44. The predicted molar refractivity (Wildman–Crippen MR) is 100 cm³/mol. The molecular formula is C18H19BrClNO3. The number of halogens is 2. The van der Waals surface area contributed by atoms with E-state index in [-0.39, 0.29) is 12.5 Å². The largest absolute Gasteiger partial charge is 0.495 e. The number of aryl methyl sites for hydroxylation is 1. The normalized spacial score (nSPS) is 10.4. The van der Waals surface area contributed by atoms with Crippen LogP contribution in [-0.4, -0.2) is 19.6 Å². The van der Waals surface area contributed by atoms with Gasteiger partial charge >= 0.3 is 0 Å². The van der Waals surface area contributed by atoms with Crippen molar-refractivity contribution >= 4 is 39.1 Å². The molecule has 24 heavy (non-hydrogen) atoms. The Hall–Kier alpha value is -1.72. The van der Waals surface area contributed by atoms with E-state index in [9.17, 15) is 4.79 Å². The highest BCUT2D eigenvalue weighted by Crippen LogP contribution is 2.31. The van der Waals surface area contributed by atoms with Crippen molar-refractivity contribution in [2.24, 2.45) is 0 Å². The fourth-order valence-electron chi connectivity index (χ4n) is 2.27. The fraction of sp³-hybridized carbons (Fsp3) is 0.278. The second kappa shape index (κ2) is 7.90. The summed E-state index contributed by atoms with van der Waals surface area (Å²) >= 11 is 9.51. The number of amides is 1. The highest BCUT2D eigenvalue weighted by Gasteiger charge is 2.12. The number of hydrogen-bond acceptors (Lipinski definition) is 3. The summed E-state index contributed by atoms with van der Waals surface area (Å²) in [5, 5.41) is 3.27. The first-order valence-corrected chi connectivity index (χ1v) is 8.53. The number of benzene rings is 2. The van der Waals surface area contributed by atoms with Crippen LogP contribution in [0.5, 0.6) is 11.5 Å². The molecule has 0 unspecified atom stereocenters. The summed E-state index contributed by atoms with van der Waals surface area (Å²) in [4.78, 5) is 12.2. The SMILES string of the molecule is COc1ccc(Cl)cc1NC(=O)COc1cc(C)c(Br)c(C)c1C. The minimum Gasteiger partial charge on any atom is -0.495 e. The summed E-state index contributed by atoms with van der Waals surface area (Å²) in [7, 11) is 1.53. The molecule has 0 aliphatic heterocycles. The van der Waals surface area contributed by atoms with Crippen molar-refractivity contribution < 1.29 is 14.3 Å². The molecule has 0 spiro atoms. The summed E-state index contributed by atoms with van der Waals surface area (Å²) in [6.45, 7) is 5.86. The Kier molecular flexibility index (Phi) is 6.13. The van der Waals surface area contributed by atoms with Crippen LogP contribution in [0.1, 0.15) is 16.7 Å². The Labute approximate surface area is 155 Å². The van der Waals surface area contributed by atoms with Crippen LogP contribution in [0.4, 0.5) is 5.69 Å². The molecule has 0 heterocycles. The topological polar surface area (TPSA) is 47.6 Å². The third-order valence-electron chi connectivity index (χ3n) is 3.75. The van der Waals surface area contributed by atoms with Crippen molar-refractivity contribution in [1.29, 1.82) is 0 Å². The summed E-state index contributed by atoms with van der Waals surface area (Å²) in [6, 6.07) is 6.95. The summed E-state index contributed by atoms with van der Waals surface area (Å²) in [5.74, 6) is 0.953. The van der Waals surface area contributed by atoms with Crippen molar-refractivity contribution in [2.75, 3.05) is 19.0 Å². The number of nitrogens with one attached hydrogen (secondary N) is 1. The molecule has 1 N–H and O–H groups in total. The van der Waals surface area contributed by atoms with Crippen molar-refractivity contribution in [2.45, 2.75) is 20.8 Å². The Morgan fingerprint density at radius 3 is 2.54 bits per heavy atom. The molecular weight excluding hydrogens is 394 g/mol. The number of ether oxygens (including phenoxy) is 2. The first kappa shape index (κ1) is 18.6. The van der Waals surface area contributed by atoms with Gasteiger partial charge in [-0.1, -0.05) is 27.5 Å². The van der Waals surface area contributed by atoms with E-state index in [0.717, 1.165) is 21.2 Å². The minimum absolute atomic E-state index is 0.100. The summed E-state index contributed by atoms with van der Waals surface area (Å²) in [5.41, 5.74) is 3.67. The van der Waals surface area contributed by atoms with Crippen LogP contribution in [-0.2, 0) is 4.79 Å². The van der Waals surface area contributed by atoms with Crippen LogP contribution in [0.3, 0.4) is 0 Å². The zero-order valence-electron chi connectivity index (χ0n) is 14.0. The van der Waals surface area contributed by atoms with Gasteiger partial charge in [-0.2, -0.15) is 0 Å². The van der Waals surface area contributed by atoms with E-state index in [1.165, 1.54) is 7.11 Å². The van der Waals surface area contributed by atoms with Gasteiger partial charge < -0.3 is 14.8 Å². The molecule has 0 radical (unpaired) electrons. The highest BCUT2D eigenvalue weighted by atomic mass is 79.9.